The summed E-state index contributed by atoms with van der Waals surface area (Å²) >= 11 is 6.18. The molecule has 4 N–H and O–H groups in total. The number of carbonyl (C=O) groups is 1. The molecule has 1 amide bonds. The molecule has 1 aromatic carbocycles. The number of nitrogens with two attached hydrogens (primary N) is 1. The van der Waals surface area contributed by atoms with E-state index in [1.165, 1.54) is 34.5 Å². The molecule has 16 heteroatoms. The zero-order chi connectivity index (χ0) is 27.1. The molecular weight excluding hydrogens is 539 g/mol. The molecule has 0 saturated heterocycles. The van der Waals surface area contributed by atoms with Gasteiger partial charge in [-0.1, -0.05) is 23.7 Å². The van der Waals surface area contributed by atoms with Gasteiger partial charge in [0.15, 0.2) is 11.5 Å². The number of halogens is 4. The number of fused-ring (bicyclic) bond motifs is 2. The number of hydrogen-bond donors (Lipinski definition) is 3. The van der Waals surface area contributed by atoms with Crippen LogP contribution in [0.5, 0.6) is 0 Å². The maximum Gasteiger partial charge on any atom is 0.511 e. The number of nitrogens with one attached hydrogen (secondary N) is 2. The second kappa shape index (κ2) is 9.64. The Balaban J connectivity index is 1.71. The number of sulfonamides is 1. The summed E-state index contributed by atoms with van der Waals surface area (Å²) in [5, 5.41) is 7.31. The van der Waals surface area contributed by atoms with Crippen LogP contribution in [0.4, 0.5) is 19.0 Å². The second-order valence-electron chi connectivity index (χ2n) is 7.92. The van der Waals surface area contributed by atoms with Crippen molar-refractivity contribution < 1.29 is 26.4 Å². The molecule has 0 bridgehead atoms. The molecule has 0 saturated carbocycles. The summed E-state index contributed by atoms with van der Waals surface area (Å²) in [4.78, 5) is 30.5. The van der Waals surface area contributed by atoms with Gasteiger partial charge in [-0.25, -0.2) is 22.6 Å². The highest BCUT2D eigenvalue weighted by Gasteiger charge is 2.45. The maximum atomic E-state index is 13.3. The molecule has 0 radical (unpaired) electrons. The number of aromatic nitrogens is 4. The molecule has 3 aromatic heterocycles. The summed E-state index contributed by atoms with van der Waals surface area (Å²) in [6.07, 6.45) is 3.00. The lowest BCUT2D eigenvalue weighted by Gasteiger charge is -2.21. The van der Waals surface area contributed by atoms with Gasteiger partial charge in [0, 0.05) is 31.2 Å². The van der Waals surface area contributed by atoms with Gasteiger partial charge >= 0.3 is 15.5 Å². The molecule has 0 unspecified atom stereocenters. The third-order valence-corrected chi connectivity index (χ3v) is 7.00. The lowest BCUT2D eigenvalue weighted by molar-refractivity contribution is -0.0447. The van der Waals surface area contributed by atoms with Crippen molar-refractivity contribution >= 4 is 49.8 Å². The van der Waals surface area contributed by atoms with Crippen LogP contribution in [0.25, 0.3) is 16.4 Å². The highest BCUT2D eigenvalue weighted by Crippen LogP contribution is 2.25. The van der Waals surface area contributed by atoms with Gasteiger partial charge in [0.2, 0.25) is 0 Å². The van der Waals surface area contributed by atoms with Crippen molar-refractivity contribution in [1.29, 1.82) is 0 Å². The van der Waals surface area contributed by atoms with Crippen molar-refractivity contribution in [3.63, 3.8) is 0 Å². The highest BCUT2D eigenvalue weighted by atomic mass is 35.5. The van der Waals surface area contributed by atoms with Crippen molar-refractivity contribution in [2.45, 2.75) is 25.0 Å². The first-order valence-electron chi connectivity index (χ1n) is 10.6. The number of benzene rings is 1. The van der Waals surface area contributed by atoms with Crippen LogP contribution in [0.1, 0.15) is 29.0 Å². The Bertz CT molecular complexity index is 1690. The van der Waals surface area contributed by atoms with E-state index in [2.05, 4.69) is 15.4 Å². The summed E-state index contributed by atoms with van der Waals surface area (Å²) in [6.45, 7) is 0.302. The number of nitrogen functional groups attached to an aromatic ring is 1. The van der Waals surface area contributed by atoms with E-state index in [0.717, 1.165) is 4.57 Å². The lowest BCUT2D eigenvalue weighted by atomic mass is 10.1. The second-order valence-corrected chi connectivity index (χ2v) is 10.1. The van der Waals surface area contributed by atoms with E-state index in [1.54, 1.807) is 24.4 Å². The number of amides is 1. The third kappa shape index (κ3) is 4.97. The van der Waals surface area contributed by atoms with Gasteiger partial charge in [-0.2, -0.15) is 13.2 Å². The molecule has 0 spiro atoms. The van der Waals surface area contributed by atoms with Crippen molar-refractivity contribution in [2.75, 3.05) is 12.3 Å². The fraction of sp³-hybridized carbons (Fsp3) is 0.238. The number of anilines is 1. The molecule has 0 fully saturated rings. The minimum absolute atomic E-state index is 0.0110. The van der Waals surface area contributed by atoms with Gasteiger partial charge in [-0.3, -0.25) is 9.59 Å². The third-order valence-electron chi connectivity index (χ3n) is 5.49. The lowest BCUT2D eigenvalue weighted by Crippen LogP contribution is -2.40. The smallest absolute Gasteiger partial charge is 0.381 e. The quantitative estimate of drug-likeness (QED) is 0.315. The van der Waals surface area contributed by atoms with Crippen LogP contribution in [-0.2, 0) is 16.6 Å². The zero-order valence-corrected chi connectivity index (χ0v) is 20.5. The van der Waals surface area contributed by atoms with Gasteiger partial charge < -0.3 is 15.6 Å². The summed E-state index contributed by atoms with van der Waals surface area (Å²) in [5.41, 5.74) is 0.0612. The van der Waals surface area contributed by atoms with Crippen molar-refractivity contribution in [1.82, 2.24) is 29.2 Å². The van der Waals surface area contributed by atoms with Crippen LogP contribution in [0.15, 0.2) is 47.5 Å². The van der Waals surface area contributed by atoms with E-state index in [4.69, 9.17) is 17.3 Å². The molecule has 4 aromatic rings. The number of hydrogen-bond acceptors (Lipinski definition) is 7. The van der Waals surface area contributed by atoms with Crippen LogP contribution in [0.2, 0.25) is 5.02 Å². The van der Waals surface area contributed by atoms with Crippen LogP contribution < -0.4 is 21.3 Å². The zero-order valence-electron chi connectivity index (χ0n) is 19.0. The topological polar surface area (TPSA) is 153 Å². The molecule has 0 aliphatic carbocycles. The molecule has 1 atom stereocenters. The minimum atomic E-state index is -5.63. The van der Waals surface area contributed by atoms with Gasteiger partial charge in [-0.05, 0) is 30.5 Å². The SMILES string of the molecule is C[C@H](NC(=O)c1c(N)nn2cccnc12)c1cc2cccc(Cl)c2c(=O)n1CCNS(=O)(=O)C(F)(F)F. The fourth-order valence-corrected chi connectivity index (χ4v) is 4.59. The maximum absolute atomic E-state index is 13.3. The van der Waals surface area contributed by atoms with Crippen LogP contribution in [0.3, 0.4) is 0 Å². The highest BCUT2D eigenvalue weighted by molar-refractivity contribution is 7.90. The Morgan fingerprint density at radius 1 is 1.27 bits per heavy atom. The van der Waals surface area contributed by atoms with Crippen molar-refractivity contribution in [3.8, 4) is 0 Å². The van der Waals surface area contributed by atoms with E-state index < -0.39 is 46.1 Å². The fourth-order valence-electron chi connectivity index (χ4n) is 3.80. The molecule has 0 aliphatic heterocycles. The molecular formula is C21H19ClF3N7O4S. The molecule has 196 valence electrons. The summed E-state index contributed by atoms with van der Waals surface area (Å²) in [6, 6.07) is 6.91. The largest absolute Gasteiger partial charge is 0.511 e. The molecule has 0 aliphatic rings. The molecule has 3 heterocycles. The Hall–Kier alpha value is -3.69. The predicted octanol–water partition coefficient (Wildman–Crippen LogP) is 2.21. The van der Waals surface area contributed by atoms with E-state index in [1.807, 2.05) is 0 Å². The number of nitrogens with zero attached hydrogens (tertiary/aromatic N) is 4. The summed E-state index contributed by atoms with van der Waals surface area (Å²) < 4.78 is 64.8. The Morgan fingerprint density at radius 3 is 2.70 bits per heavy atom. The molecule has 37 heavy (non-hydrogen) atoms. The van der Waals surface area contributed by atoms with E-state index in [-0.39, 0.29) is 33.1 Å². The number of pyridine rings is 1. The predicted molar refractivity (Wildman–Crippen MR) is 129 cm³/mol. The Morgan fingerprint density at radius 2 is 2.00 bits per heavy atom. The first-order valence-corrected chi connectivity index (χ1v) is 12.5. The van der Waals surface area contributed by atoms with Gasteiger partial charge in [0.25, 0.3) is 11.5 Å². The summed E-state index contributed by atoms with van der Waals surface area (Å²) in [7, 11) is -5.63. The Labute approximate surface area is 212 Å². The number of rotatable bonds is 7. The minimum Gasteiger partial charge on any atom is -0.381 e. The van der Waals surface area contributed by atoms with Gasteiger partial charge in [0.1, 0.15) is 5.56 Å². The van der Waals surface area contributed by atoms with E-state index in [0.29, 0.717) is 5.39 Å². The van der Waals surface area contributed by atoms with Crippen molar-refractivity contribution in [2.24, 2.45) is 0 Å². The molecule has 4 rings (SSSR count). The standard InChI is InChI=1S/C21H19ClF3N7O4S/c1-11(29-19(33)16-17(26)30-32-8-3-6-27-18(16)32)14-10-12-4-2-5-13(22)15(12)20(34)31(14)9-7-28-37(35,36)21(23,24)25/h2-6,8,10-11,28H,7,9H2,1H3,(H2,26,30)(H,29,33)/t11-/m0/s1. The van der Waals surface area contributed by atoms with E-state index in [9.17, 15) is 31.2 Å². The normalized spacial score (nSPS) is 13.2. The molecule has 11 nitrogen and oxygen atoms in total. The van der Waals surface area contributed by atoms with Crippen LogP contribution >= 0.6 is 11.6 Å². The number of alkyl halides is 3. The van der Waals surface area contributed by atoms with Crippen molar-refractivity contribution in [3.05, 3.63) is 69.4 Å². The van der Waals surface area contributed by atoms with Crippen LogP contribution in [0, 0.1) is 0 Å². The first-order chi connectivity index (χ1) is 17.3. The summed E-state index contributed by atoms with van der Waals surface area (Å²) in [5.74, 6) is -0.755. The van der Waals surface area contributed by atoms with Gasteiger partial charge in [0.05, 0.1) is 16.5 Å². The monoisotopic (exact) mass is 557 g/mol. The number of carbonyl (C=O) groups excluding carboxylic acids is 1. The average molecular weight is 558 g/mol. The average Bonchev–Trinajstić information content (AvgIpc) is 3.15. The first kappa shape index (κ1) is 26.4. The van der Waals surface area contributed by atoms with Crippen LogP contribution in [-0.4, -0.2) is 45.5 Å². The Kier molecular flexibility index (Phi) is 6.87. The van der Waals surface area contributed by atoms with E-state index >= 15 is 0 Å². The van der Waals surface area contributed by atoms with Gasteiger partial charge in [-0.15, -0.1) is 5.10 Å².